The Hall–Kier alpha value is -0.850. The number of nitrogens with one attached hydrogen (secondary N) is 2. The van der Waals surface area contributed by atoms with Crippen molar-refractivity contribution in [2.75, 3.05) is 13.1 Å². The van der Waals surface area contributed by atoms with Gasteiger partial charge < -0.3 is 10.6 Å². The summed E-state index contributed by atoms with van der Waals surface area (Å²) < 4.78 is 0. The first-order valence-corrected chi connectivity index (χ1v) is 6.20. The Bertz CT molecular complexity index is 366. The fourth-order valence-electron chi connectivity index (χ4n) is 1.42. The molecule has 0 aromatic carbocycles. The normalized spacial score (nSPS) is 10.7. The summed E-state index contributed by atoms with van der Waals surface area (Å²) in [6, 6.07) is 4.01. The summed E-state index contributed by atoms with van der Waals surface area (Å²) in [5, 5.41) is 6.49. The first kappa shape index (κ1) is 17.2. The highest BCUT2D eigenvalue weighted by Crippen LogP contribution is 2.04. The number of rotatable bonds is 5. The molecule has 18 heavy (non-hydrogen) atoms. The smallest absolute Gasteiger partial charge is 0.191 e. The maximum absolute atomic E-state index is 4.51. The predicted octanol–water partition coefficient (Wildman–Crippen LogP) is 2.47. The van der Waals surface area contributed by atoms with Crippen molar-refractivity contribution in [2.24, 2.45) is 4.99 Å². The minimum Gasteiger partial charge on any atom is -0.357 e. The van der Waals surface area contributed by atoms with E-state index in [1.165, 1.54) is 5.56 Å². The van der Waals surface area contributed by atoms with E-state index < -0.39 is 0 Å². The van der Waals surface area contributed by atoms with Crippen LogP contribution in [0.1, 0.15) is 31.5 Å². The molecule has 0 bridgehead atoms. The van der Waals surface area contributed by atoms with Crippen molar-refractivity contribution in [1.29, 1.82) is 0 Å². The highest BCUT2D eigenvalue weighted by atomic mass is 127. The molecule has 0 amide bonds. The molecule has 0 saturated heterocycles. The number of aryl methyl sites for hydroxylation is 1. The van der Waals surface area contributed by atoms with Crippen LogP contribution in [0.3, 0.4) is 0 Å². The molecule has 1 aromatic rings. The van der Waals surface area contributed by atoms with E-state index in [0.29, 0.717) is 6.54 Å². The first-order chi connectivity index (χ1) is 8.27. The van der Waals surface area contributed by atoms with Gasteiger partial charge in [0.15, 0.2) is 5.96 Å². The fraction of sp³-hybridized carbons (Fsp3) is 0.538. The number of hydrogen-bond acceptors (Lipinski definition) is 2. The Morgan fingerprint density at radius 1 is 1.33 bits per heavy atom. The van der Waals surface area contributed by atoms with Crippen molar-refractivity contribution < 1.29 is 0 Å². The Balaban J connectivity index is 0.00000289. The van der Waals surface area contributed by atoms with Gasteiger partial charge in [0, 0.05) is 19.3 Å². The van der Waals surface area contributed by atoms with Gasteiger partial charge >= 0.3 is 0 Å². The maximum atomic E-state index is 4.51. The van der Waals surface area contributed by atoms with E-state index >= 15 is 0 Å². The highest BCUT2D eigenvalue weighted by Gasteiger charge is 1.99. The number of aromatic nitrogens is 1. The average molecular weight is 362 g/mol. The van der Waals surface area contributed by atoms with Crippen LogP contribution in [0, 0.1) is 6.92 Å². The lowest BCUT2D eigenvalue weighted by molar-refractivity contribution is 0.782. The molecular formula is C13H23IN4. The molecule has 0 aliphatic rings. The molecular weight excluding hydrogens is 339 g/mol. The highest BCUT2D eigenvalue weighted by molar-refractivity contribution is 14.0. The molecule has 4 nitrogen and oxygen atoms in total. The third kappa shape index (κ3) is 6.18. The molecule has 0 atom stereocenters. The van der Waals surface area contributed by atoms with Crippen LogP contribution in [0.25, 0.3) is 0 Å². The van der Waals surface area contributed by atoms with E-state index in [0.717, 1.165) is 31.2 Å². The van der Waals surface area contributed by atoms with Gasteiger partial charge in [-0.2, -0.15) is 0 Å². The Morgan fingerprint density at radius 2 is 2.11 bits per heavy atom. The predicted molar refractivity (Wildman–Crippen MR) is 87.5 cm³/mol. The SMILES string of the molecule is CCCNC(=NCc1ncccc1C)NCC.I. The van der Waals surface area contributed by atoms with Gasteiger partial charge in [0.05, 0.1) is 12.2 Å². The molecule has 102 valence electrons. The molecule has 0 saturated carbocycles. The third-order valence-electron chi connectivity index (χ3n) is 2.39. The second kappa shape index (κ2) is 10.1. The van der Waals surface area contributed by atoms with E-state index in [1.54, 1.807) is 0 Å². The van der Waals surface area contributed by atoms with Crippen LogP contribution in [-0.4, -0.2) is 24.0 Å². The van der Waals surface area contributed by atoms with Crippen LogP contribution in [-0.2, 0) is 6.54 Å². The molecule has 2 N–H and O–H groups in total. The van der Waals surface area contributed by atoms with Crippen LogP contribution < -0.4 is 10.6 Å². The molecule has 0 aliphatic carbocycles. The van der Waals surface area contributed by atoms with Gasteiger partial charge in [-0.3, -0.25) is 4.98 Å². The number of halogens is 1. The zero-order chi connectivity index (χ0) is 12.5. The Kier molecular flexibility index (Phi) is 9.63. The molecule has 0 fully saturated rings. The van der Waals surface area contributed by atoms with Crippen LogP contribution in [0.5, 0.6) is 0 Å². The van der Waals surface area contributed by atoms with E-state index in [-0.39, 0.29) is 24.0 Å². The lowest BCUT2D eigenvalue weighted by atomic mass is 10.2. The Morgan fingerprint density at radius 3 is 2.72 bits per heavy atom. The first-order valence-electron chi connectivity index (χ1n) is 6.20. The van der Waals surface area contributed by atoms with Gasteiger partial charge in [-0.1, -0.05) is 13.0 Å². The van der Waals surface area contributed by atoms with Crippen LogP contribution >= 0.6 is 24.0 Å². The van der Waals surface area contributed by atoms with Crippen LogP contribution in [0.15, 0.2) is 23.3 Å². The van der Waals surface area contributed by atoms with E-state index in [2.05, 4.69) is 47.4 Å². The number of guanidine groups is 1. The standard InChI is InChI=1S/C13H22N4.HI/c1-4-8-16-13(14-5-2)17-10-12-11(3)7-6-9-15-12;/h6-7,9H,4-5,8,10H2,1-3H3,(H2,14,16,17);1H. The van der Waals surface area contributed by atoms with E-state index in [9.17, 15) is 0 Å². The zero-order valence-electron chi connectivity index (χ0n) is 11.4. The lowest BCUT2D eigenvalue weighted by Gasteiger charge is -2.10. The average Bonchev–Trinajstić information content (AvgIpc) is 2.34. The summed E-state index contributed by atoms with van der Waals surface area (Å²) in [4.78, 5) is 8.84. The molecule has 0 spiro atoms. The summed E-state index contributed by atoms with van der Waals surface area (Å²) in [5.74, 6) is 0.861. The molecule has 1 rings (SSSR count). The van der Waals surface area contributed by atoms with Gasteiger partial charge in [0.2, 0.25) is 0 Å². The third-order valence-corrected chi connectivity index (χ3v) is 2.39. The minimum absolute atomic E-state index is 0. The fourth-order valence-corrected chi connectivity index (χ4v) is 1.42. The van der Waals surface area contributed by atoms with Gasteiger partial charge in [0.25, 0.3) is 0 Å². The largest absolute Gasteiger partial charge is 0.357 e. The molecule has 0 unspecified atom stereocenters. The molecule has 5 heteroatoms. The van der Waals surface area contributed by atoms with Gasteiger partial charge in [-0.15, -0.1) is 24.0 Å². The summed E-state index contributed by atoms with van der Waals surface area (Å²) in [5.41, 5.74) is 2.21. The van der Waals surface area contributed by atoms with Crippen molar-refractivity contribution in [3.05, 3.63) is 29.6 Å². The van der Waals surface area contributed by atoms with E-state index in [1.807, 2.05) is 12.3 Å². The number of nitrogens with zero attached hydrogens (tertiary/aromatic N) is 2. The van der Waals surface area contributed by atoms with Crippen molar-refractivity contribution in [2.45, 2.75) is 33.7 Å². The lowest BCUT2D eigenvalue weighted by Crippen LogP contribution is -2.37. The molecule has 0 radical (unpaired) electrons. The summed E-state index contributed by atoms with van der Waals surface area (Å²) in [6.45, 7) is 8.69. The topological polar surface area (TPSA) is 49.3 Å². The quantitative estimate of drug-likeness (QED) is 0.481. The van der Waals surface area contributed by atoms with Crippen molar-refractivity contribution in [3.63, 3.8) is 0 Å². The summed E-state index contributed by atoms with van der Waals surface area (Å²) in [6.07, 6.45) is 2.90. The second-order valence-corrected chi connectivity index (χ2v) is 3.89. The van der Waals surface area contributed by atoms with Crippen molar-refractivity contribution >= 4 is 29.9 Å². The molecule has 1 aromatic heterocycles. The minimum atomic E-state index is 0. The van der Waals surface area contributed by atoms with Gasteiger partial charge in [0.1, 0.15) is 0 Å². The number of pyridine rings is 1. The number of hydrogen-bond donors (Lipinski definition) is 2. The molecule has 0 aliphatic heterocycles. The van der Waals surface area contributed by atoms with Crippen molar-refractivity contribution in [1.82, 2.24) is 15.6 Å². The van der Waals surface area contributed by atoms with Crippen molar-refractivity contribution in [3.8, 4) is 0 Å². The second-order valence-electron chi connectivity index (χ2n) is 3.89. The Labute approximate surface area is 127 Å². The summed E-state index contributed by atoms with van der Waals surface area (Å²) in [7, 11) is 0. The number of aliphatic imine (C=N–C) groups is 1. The maximum Gasteiger partial charge on any atom is 0.191 e. The van der Waals surface area contributed by atoms with E-state index in [4.69, 9.17) is 0 Å². The van der Waals surface area contributed by atoms with Crippen LogP contribution in [0.4, 0.5) is 0 Å². The molecule has 1 heterocycles. The van der Waals surface area contributed by atoms with Gasteiger partial charge in [-0.25, -0.2) is 4.99 Å². The summed E-state index contributed by atoms with van der Waals surface area (Å²) >= 11 is 0. The van der Waals surface area contributed by atoms with Crippen LogP contribution in [0.2, 0.25) is 0 Å². The van der Waals surface area contributed by atoms with Gasteiger partial charge in [-0.05, 0) is 31.9 Å². The monoisotopic (exact) mass is 362 g/mol. The zero-order valence-corrected chi connectivity index (χ0v) is 13.7.